The fraction of sp³-hybridized carbons (Fsp3) is 0.857. The van der Waals surface area contributed by atoms with Crippen molar-refractivity contribution in [3.05, 3.63) is 24.3 Å². The number of aliphatic hydroxyl groups is 1. The van der Waals surface area contributed by atoms with E-state index in [0.29, 0.717) is 23.2 Å². The van der Waals surface area contributed by atoms with Gasteiger partial charge in [-0.05, 0) is 98.2 Å². The van der Waals surface area contributed by atoms with Crippen molar-refractivity contribution in [2.75, 3.05) is 0 Å². The van der Waals surface area contributed by atoms with Crippen LogP contribution in [0.25, 0.3) is 0 Å². The van der Waals surface area contributed by atoms with Gasteiger partial charge in [-0.2, -0.15) is 0 Å². The van der Waals surface area contributed by atoms with Gasteiger partial charge in [0.25, 0.3) is 0 Å². The van der Waals surface area contributed by atoms with Crippen LogP contribution in [-0.4, -0.2) is 10.7 Å². The van der Waals surface area contributed by atoms with Gasteiger partial charge in [-0.15, -0.1) is 0 Å². The molecule has 4 aliphatic rings. The van der Waals surface area contributed by atoms with Crippen molar-refractivity contribution in [1.29, 1.82) is 0 Å². The second-order valence-electron chi connectivity index (χ2n) is 11.9. The molecule has 0 aromatic rings. The van der Waals surface area contributed by atoms with Crippen molar-refractivity contribution in [2.45, 2.75) is 104 Å². The predicted octanol–water partition coefficient (Wildman–Crippen LogP) is 7.55. The van der Waals surface area contributed by atoms with E-state index in [0.717, 1.165) is 23.7 Å². The van der Waals surface area contributed by atoms with Gasteiger partial charge in [-0.25, -0.2) is 0 Å². The quantitative estimate of drug-likeness (QED) is 0.474. The highest BCUT2D eigenvalue weighted by atomic mass is 16.3. The molecule has 0 heterocycles. The molecular weight excluding hydrogens is 352 g/mol. The zero-order valence-electron chi connectivity index (χ0n) is 19.6. The highest BCUT2D eigenvalue weighted by Crippen LogP contribution is 2.63. The Hall–Kier alpha value is -0.560. The van der Waals surface area contributed by atoms with Crippen LogP contribution in [-0.2, 0) is 0 Å². The summed E-state index contributed by atoms with van der Waals surface area (Å²) in [7, 11) is 0. The molecule has 0 unspecified atom stereocenters. The molecule has 0 spiro atoms. The zero-order chi connectivity index (χ0) is 20.6. The first-order chi connectivity index (χ1) is 13.8. The van der Waals surface area contributed by atoms with Crippen LogP contribution in [0.15, 0.2) is 24.3 Å². The second-order valence-corrected chi connectivity index (χ2v) is 11.9. The Bertz CT molecular complexity index is 618. The Balaban J connectivity index is 1.53. The number of allylic oxidation sites excluding steroid dienone is 3. The minimum Gasteiger partial charge on any atom is -0.385 e. The third-order valence-electron chi connectivity index (χ3n) is 9.86. The Labute approximate surface area is 180 Å². The summed E-state index contributed by atoms with van der Waals surface area (Å²) in [6, 6.07) is 0. The van der Waals surface area contributed by atoms with Crippen LogP contribution in [0.4, 0.5) is 0 Å². The Morgan fingerprint density at radius 1 is 0.966 bits per heavy atom. The van der Waals surface area contributed by atoms with E-state index in [9.17, 15) is 5.11 Å². The lowest BCUT2D eigenvalue weighted by molar-refractivity contribution is -0.120. The summed E-state index contributed by atoms with van der Waals surface area (Å²) in [5.41, 5.74) is -0.233. The summed E-state index contributed by atoms with van der Waals surface area (Å²) < 4.78 is 0. The molecule has 2 saturated carbocycles. The van der Waals surface area contributed by atoms with Crippen molar-refractivity contribution in [2.24, 2.45) is 46.8 Å². The third-order valence-corrected chi connectivity index (χ3v) is 9.86. The highest BCUT2D eigenvalue weighted by molar-refractivity contribution is 5.21. The average Bonchev–Trinajstić information content (AvgIpc) is 3.03. The van der Waals surface area contributed by atoms with Crippen molar-refractivity contribution in [3.8, 4) is 0 Å². The monoisotopic (exact) mass is 398 g/mol. The van der Waals surface area contributed by atoms with Crippen LogP contribution in [0.3, 0.4) is 0 Å². The molecule has 4 aliphatic carbocycles. The Kier molecular flexibility index (Phi) is 6.37. The zero-order valence-corrected chi connectivity index (χ0v) is 19.6. The third kappa shape index (κ3) is 4.02. The first-order valence-corrected chi connectivity index (χ1v) is 12.9. The van der Waals surface area contributed by atoms with Crippen LogP contribution < -0.4 is 0 Å². The molecule has 0 saturated heterocycles. The summed E-state index contributed by atoms with van der Waals surface area (Å²) in [5.74, 6) is 4.74. The summed E-state index contributed by atoms with van der Waals surface area (Å²) >= 11 is 0. The minimum absolute atomic E-state index is 0.327. The molecule has 1 nitrogen and oxygen atoms in total. The predicted molar refractivity (Wildman–Crippen MR) is 124 cm³/mol. The smallest absolute Gasteiger partial charge is 0.0889 e. The molecule has 0 aromatic heterocycles. The molecule has 8 atom stereocenters. The van der Waals surface area contributed by atoms with Crippen LogP contribution in [0.2, 0.25) is 0 Å². The molecule has 4 rings (SSSR count). The normalized spacial score (nSPS) is 46.3. The molecule has 2 fully saturated rings. The lowest BCUT2D eigenvalue weighted by Gasteiger charge is -2.54. The SMILES string of the molecule is CC(C)CCC[C@@H](C)[C@H]1CC[C@H]2[C@]3(O)/C=C\[C@H]4C=CCC[C@@H]4CC[C@@H]3CC[C@]12C. The fourth-order valence-corrected chi connectivity index (χ4v) is 8.15. The topological polar surface area (TPSA) is 20.2 Å². The van der Waals surface area contributed by atoms with Crippen LogP contribution >= 0.6 is 0 Å². The maximum absolute atomic E-state index is 12.2. The molecular formula is C28H46O. The molecule has 0 amide bonds. The van der Waals surface area contributed by atoms with E-state index in [1.807, 2.05) is 0 Å². The fourth-order valence-electron chi connectivity index (χ4n) is 8.15. The van der Waals surface area contributed by atoms with E-state index in [-0.39, 0.29) is 0 Å². The van der Waals surface area contributed by atoms with Gasteiger partial charge in [0.05, 0.1) is 5.60 Å². The summed E-state index contributed by atoms with van der Waals surface area (Å²) in [6.07, 6.45) is 23.9. The minimum atomic E-state index is -0.560. The highest BCUT2D eigenvalue weighted by Gasteiger charge is 2.60. The average molecular weight is 399 g/mol. The molecule has 0 aliphatic heterocycles. The molecule has 1 heteroatoms. The van der Waals surface area contributed by atoms with Gasteiger partial charge >= 0.3 is 0 Å². The molecule has 0 bridgehead atoms. The van der Waals surface area contributed by atoms with E-state index in [2.05, 4.69) is 52.0 Å². The molecule has 164 valence electrons. The number of hydrogen-bond acceptors (Lipinski definition) is 1. The van der Waals surface area contributed by atoms with E-state index < -0.39 is 5.60 Å². The van der Waals surface area contributed by atoms with Gasteiger partial charge in [-0.3, -0.25) is 0 Å². The first kappa shape index (κ1) is 21.7. The van der Waals surface area contributed by atoms with Crippen molar-refractivity contribution >= 4 is 0 Å². The van der Waals surface area contributed by atoms with Crippen molar-refractivity contribution in [3.63, 3.8) is 0 Å². The van der Waals surface area contributed by atoms with Gasteiger partial charge in [0.15, 0.2) is 0 Å². The molecule has 1 N–H and O–H groups in total. The standard InChI is InChI=1S/C28H46O/c1-20(2)8-7-9-21(3)25-14-15-26-27(25,4)18-17-24-13-12-22-10-5-6-11-23(22)16-19-28(24,26)29/h6,11,16,19-26,29H,5,7-10,12-15,17-18H2,1-4H3/b19-16-/t21-,22-,23-,24-,25-,26-,27-,28+/m1/s1. The molecule has 29 heavy (non-hydrogen) atoms. The van der Waals surface area contributed by atoms with Crippen LogP contribution in [0, 0.1) is 46.8 Å². The van der Waals surface area contributed by atoms with Gasteiger partial charge in [0.1, 0.15) is 0 Å². The number of fused-ring (bicyclic) bond motifs is 4. The van der Waals surface area contributed by atoms with Gasteiger partial charge in [-0.1, -0.05) is 71.3 Å². The summed E-state index contributed by atoms with van der Waals surface area (Å²) in [5, 5.41) is 12.2. The van der Waals surface area contributed by atoms with Crippen LogP contribution in [0.1, 0.15) is 98.3 Å². The Morgan fingerprint density at radius 3 is 2.59 bits per heavy atom. The van der Waals surface area contributed by atoms with E-state index in [1.54, 1.807) is 0 Å². The lowest BCUT2D eigenvalue weighted by Crippen LogP contribution is -2.54. The summed E-state index contributed by atoms with van der Waals surface area (Å²) in [4.78, 5) is 0. The van der Waals surface area contributed by atoms with Crippen molar-refractivity contribution < 1.29 is 5.11 Å². The maximum atomic E-state index is 12.2. The lowest BCUT2D eigenvalue weighted by atomic mass is 9.53. The van der Waals surface area contributed by atoms with E-state index >= 15 is 0 Å². The molecule has 0 aromatic carbocycles. The first-order valence-electron chi connectivity index (χ1n) is 12.9. The van der Waals surface area contributed by atoms with E-state index in [4.69, 9.17) is 0 Å². The second kappa shape index (κ2) is 8.52. The number of hydrogen-bond donors (Lipinski definition) is 1. The van der Waals surface area contributed by atoms with Gasteiger partial charge in [0, 0.05) is 0 Å². The van der Waals surface area contributed by atoms with Gasteiger partial charge in [0.2, 0.25) is 0 Å². The van der Waals surface area contributed by atoms with Gasteiger partial charge < -0.3 is 5.11 Å². The Morgan fingerprint density at radius 2 is 1.79 bits per heavy atom. The molecule has 0 radical (unpaired) electrons. The number of rotatable bonds is 5. The largest absolute Gasteiger partial charge is 0.385 e. The van der Waals surface area contributed by atoms with Crippen LogP contribution in [0.5, 0.6) is 0 Å². The van der Waals surface area contributed by atoms with Crippen molar-refractivity contribution in [1.82, 2.24) is 0 Å². The summed E-state index contributed by atoms with van der Waals surface area (Å²) in [6.45, 7) is 9.77. The van der Waals surface area contributed by atoms with E-state index in [1.165, 1.54) is 70.6 Å². The maximum Gasteiger partial charge on any atom is 0.0889 e.